The van der Waals surface area contributed by atoms with E-state index in [4.69, 9.17) is 16.3 Å². The monoisotopic (exact) mass is 397 g/mol. The molecule has 0 N–H and O–H groups in total. The number of carbonyl (C=O) groups excluding carboxylic acids is 1. The van der Waals surface area contributed by atoms with Gasteiger partial charge in [-0.3, -0.25) is 0 Å². The van der Waals surface area contributed by atoms with Gasteiger partial charge in [-0.05, 0) is 51.1 Å². The number of nitriles is 1. The number of halogens is 4. The zero-order valence-electron chi connectivity index (χ0n) is 14.6. The van der Waals surface area contributed by atoms with Crippen LogP contribution in [0.4, 0.5) is 29.5 Å². The summed E-state index contributed by atoms with van der Waals surface area (Å²) in [5, 5.41) is 9.40. The number of amides is 1. The van der Waals surface area contributed by atoms with Gasteiger partial charge in [-0.25, -0.2) is 14.7 Å². The highest BCUT2D eigenvalue weighted by atomic mass is 35.5. The van der Waals surface area contributed by atoms with Gasteiger partial charge >= 0.3 is 12.3 Å². The first-order valence-electron chi connectivity index (χ1n) is 7.69. The second kappa shape index (κ2) is 7.45. The second-order valence-corrected chi connectivity index (χ2v) is 6.87. The molecule has 1 heterocycles. The summed E-state index contributed by atoms with van der Waals surface area (Å²) >= 11 is 5.99. The first-order valence-corrected chi connectivity index (χ1v) is 8.07. The predicted octanol–water partition coefficient (Wildman–Crippen LogP) is 5.70. The highest BCUT2D eigenvalue weighted by molar-refractivity contribution is 6.32. The van der Waals surface area contributed by atoms with Crippen LogP contribution in [0.5, 0.6) is 0 Å². The molecule has 2 aromatic rings. The normalized spacial score (nSPS) is 11.6. The van der Waals surface area contributed by atoms with E-state index in [9.17, 15) is 23.2 Å². The summed E-state index contributed by atoms with van der Waals surface area (Å²) in [6.45, 7) is 4.89. The molecule has 1 amide bonds. The summed E-state index contributed by atoms with van der Waals surface area (Å²) in [6.07, 6.45) is -4.16. The topological polar surface area (TPSA) is 66.2 Å². The molecule has 1 aromatic heterocycles. The number of alkyl halides is 3. The first kappa shape index (κ1) is 20.5. The van der Waals surface area contributed by atoms with Crippen LogP contribution in [-0.2, 0) is 10.9 Å². The molecule has 0 saturated heterocycles. The van der Waals surface area contributed by atoms with Crippen molar-refractivity contribution in [2.24, 2.45) is 0 Å². The standard InChI is InChI=1S/C18H15ClF3N3O2/c1-17(2,3)27-16(26)25(15-13(10-23)14(19)8-9-24-15)12-6-4-11(5-7-12)18(20,21)22/h4-9H,1-3H3. The molecular weight excluding hydrogens is 383 g/mol. The summed E-state index contributed by atoms with van der Waals surface area (Å²) in [5.41, 5.74) is -1.82. The maximum Gasteiger partial charge on any atom is 0.420 e. The second-order valence-electron chi connectivity index (χ2n) is 6.46. The number of hydrogen-bond acceptors (Lipinski definition) is 4. The Kier molecular flexibility index (Phi) is 5.66. The van der Waals surface area contributed by atoms with Crippen molar-refractivity contribution in [3.05, 3.63) is 52.7 Å². The fraction of sp³-hybridized carbons (Fsp3) is 0.278. The van der Waals surface area contributed by atoms with Crippen LogP contribution in [0, 0.1) is 11.3 Å². The Hall–Kier alpha value is -2.79. The molecule has 27 heavy (non-hydrogen) atoms. The highest BCUT2D eigenvalue weighted by Gasteiger charge is 2.32. The molecule has 142 valence electrons. The number of pyridine rings is 1. The van der Waals surface area contributed by atoms with E-state index in [1.54, 1.807) is 20.8 Å². The number of anilines is 2. The van der Waals surface area contributed by atoms with Gasteiger partial charge < -0.3 is 4.74 Å². The molecule has 0 saturated carbocycles. The number of rotatable bonds is 2. The Bertz CT molecular complexity index is 885. The molecule has 0 bridgehead atoms. The van der Waals surface area contributed by atoms with Crippen LogP contribution >= 0.6 is 11.6 Å². The number of nitrogens with zero attached hydrogens (tertiary/aromatic N) is 3. The van der Waals surface area contributed by atoms with E-state index in [1.165, 1.54) is 12.3 Å². The number of aromatic nitrogens is 1. The van der Waals surface area contributed by atoms with E-state index >= 15 is 0 Å². The minimum atomic E-state index is -4.53. The van der Waals surface area contributed by atoms with Crippen LogP contribution in [0.3, 0.4) is 0 Å². The molecule has 9 heteroatoms. The van der Waals surface area contributed by atoms with Gasteiger partial charge in [0.1, 0.15) is 17.2 Å². The van der Waals surface area contributed by atoms with Crippen molar-refractivity contribution in [3.8, 4) is 6.07 Å². The van der Waals surface area contributed by atoms with Crippen LogP contribution in [0.15, 0.2) is 36.5 Å². The van der Waals surface area contributed by atoms with E-state index in [-0.39, 0.29) is 22.1 Å². The predicted molar refractivity (Wildman–Crippen MR) is 93.8 cm³/mol. The molecule has 1 aromatic carbocycles. The molecule has 5 nitrogen and oxygen atoms in total. The third kappa shape index (κ3) is 4.89. The molecule has 0 aliphatic heterocycles. The van der Waals surface area contributed by atoms with Gasteiger partial charge in [-0.2, -0.15) is 18.4 Å². The van der Waals surface area contributed by atoms with Crippen LogP contribution < -0.4 is 4.90 Å². The van der Waals surface area contributed by atoms with Crippen LogP contribution in [-0.4, -0.2) is 16.7 Å². The van der Waals surface area contributed by atoms with E-state index in [0.717, 1.165) is 29.2 Å². The Morgan fingerprint density at radius 2 is 1.78 bits per heavy atom. The van der Waals surface area contributed by atoms with E-state index in [2.05, 4.69) is 4.98 Å². The summed E-state index contributed by atoms with van der Waals surface area (Å²) in [7, 11) is 0. The molecule has 0 fully saturated rings. The molecule has 0 atom stereocenters. The van der Waals surface area contributed by atoms with Gasteiger partial charge in [0.15, 0.2) is 5.82 Å². The summed E-state index contributed by atoms with van der Waals surface area (Å²) < 4.78 is 43.8. The third-order valence-corrected chi connectivity index (χ3v) is 3.55. The van der Waals surface area contributed by atoms with Crippen LogP contribution in [0.2, 0.25) is 5.02 Å². The maximum absolute atomic E-state index is 12.8. The van der Waals surface area contributed by atoms with Gasteiger partial charge in [-0.1, -0.05) is 11.6 Å². The lowest BCUT2D eigenvalue weighted by Gasteiger charge is -2.27. The van der Waals surface area contributed by atoms with Gasteiger partial charge in [0.2, 0.25) is 0 Å². The van der Waals surface area contributed by atoms with Crippen molar-refractivity contribution in [2.75, 3.05) is 4.90 Å². The first-order chi connectivity index (χ1) is 12.4. The molecule has 0 radical (unpaired) electrons. The lowest BCUT2D eigenvalue weighted by molar-refractivity contribution is -0.137. The minimum absolute atomic E-state index is 0.0444. The van der Waals surface area contributed by atoms with E-state index in [0.29, 0.717) is 0 Å². The van der Waals surface area contributed by atoms with E-state index < -0.39 is 23.4 Å². The van der Waals surface area contributed by atoms with Gasteiger partial charge in [-0.15, -0.1) is 0 Å². The molecule has 0 spiro atoms. The van der Waals surface area contributed by atoms with Crippen LogP contribution in [0.1, 0.15) is 31.9 Å². The van der Waals surface area contributed by atoms with Gasteiger partial charge in [0.25, 0.3) is 0 Å². The zero-order valence-corrected chi connectivity index (χ0v) is 15.4. The van der Waals surface area contributed by atoms with Gasteiger partial charge in [0.05, 0.1) is 16.3 Å². The number of hydrogen-bond donors (Lipinski definition) is 0. The van der Waals surface area contributed by atoms with E-state index in [1.807, 2.05) is 6.07 Å². The number of carbonyl (C=O) groups is 1. The largest absolute Gasteiger partial charge is 0.443 e. The molecule has 2 rings (SSSR count). The van der Waals surface area contributed by atoms with Crippen molar-refractivity contribution in [2.45, 2.75) is 32.5 Å². The highest BCUT2D eigenvalue weighted by Crippen LogP contribution is 2.34. The number of benzene rings is 1. The van der Waals surface area contributed by atoms with Crippen molar-refractivity contribution in [1.29, 1.82) is 5.26 Å². The van der Waals surface area contributed by atoms with Crippen molar-refractivity contribution < 1.29 is 22.7 Å². The van der Waals surface area contributed by atoms with Gasteiger partial charge in [0, 0.05) is 6.20 Å². The number of ether oxygens (including phenoxy) is 1. The maximum atomic E-state index is 12.8. The molecule has 0 aliphatic carbocycles. The van der Waals surface area contributed by atoms with Crippen molar-refractivity contribution >= 4 is 29.2 Å². The summed E-state index contributed by atoms with van der Waals surface area (Å²) in [5.74, 6) is -0.140. The summed E-state index contributed by atoms with van der Waals surface area (Å²) in [6, 6.07) is 7.04. The minimum Gasteiger partial charge on any atom is -0.443 e. The Morgan fingerprint density at radius 1 is 1.19 bits per heavy atom. The average Bonchev–Trinajstić information content (AvgIpc) is 2.53. The smallest absolute Gasteiger partial charge is 0.420 e. The zero-order chi connectivity index (χ0) is 20.4. The van der Waals surface area contributed by atoms with Crippen molar-refractivity contribution in [3.63, 3.8) is 0 Å². The summed E-state index contributed by atoms with van der Waals surface area (Å²) in [4.78, 5) is 17.6. The third-order valence-electron chi connectivity index (χ3n) is 3.23. The molecular formula is C18H15ClF3N3O2. The average molecular weight is 398 g/mol. The van der Waals surface area contributed by atoms with Crippen LogP contribution in [0.25, 0.3) is 0 Å². The molecule has 0 unspecified atom stereocenters. The lowest BCUT2D eigenvalue weighted by Crippen LogP contribution is -2.34. The van der Waals surface area contributed by atoms with Crippen molar-refractivity contribution in [1.82, 2.24) is 4.98 Å². The molecule has 0 aliphatic rings. The Labute approximate surface area is 158 Å². The Morgan fingerprint density at radius 3 is 2.26 bits per heavy atom. The quantitative estimate of drug-likeness (QED) is 0.652. The fourth-order valence-corrected chi connectivity index (χ4v) is 2.31. The SMILES string of the molecule is CC(C)(C)OC(=O)N(c1ccc(C(F)(F)F)cc1)c1nccc(Cl)c1C#N. The Balaban J connectivity index is 2.60. The lowest BCUT2D eigenvalue weighted by atomic mass is 10.1. The fourth-order valence-electron chi connectivity index (χ4n) is 2.12.